The number of benzene rings is 2. The number of hydrogen-bond acceptors (Lipinski definition) is 2. The Morgan fingerprint density at radius 1 is 1.24 bits per heavy atom. The molecule has 0 spiro atoms. The number of aliphatic hydroxyl groups is 1. The molecule has 1 heterocycles. The summed E-state index contributed by atoms with van der Waals surface area (Å²) in [4.78, 5) is 10.0. The van der Waals surface area contributed by atoms with E-state index in [9.17, 15) is 4.79 Å². The molecule has 0 saturated heterocycles. The van der Waals surface area contributed by atoms with Gasteiger partial charge < -0.3 is 10.4 Å². The Kier molecular flexibility index (Phi) is 8.33. The second kappa shape index (κ2) is 9.97. The van der Waals surface area contributed by atoms with Crippen LogP contribution in [0, 0.1) is 13.0 Å². The minimum absolute atomic E-state index is 0. The minimum Gasteiger partial charge on any atom is -0.676 e. The van der Waals surface area contributed by atoms with Gasteiger partial charge in [0.2, 0.25) is 0 Å². The van der Waals surface area contributed by atoms with Gasteiger partial charge in [-0.1, -0.05) is 42.0 Å². The van der Waals surface area contributed by atoms with Crippen molar-refractivity contribution in [3.8, 4) is 0 Å². The molecule has 1 N–H and O–H groups in total. The second-order valence-electron chi connectivity index (χ2n) is 5.71. The molecule has 2 aromatic rings. The first-order chi connectivity index (χ1) is 11.5. The minimum atomic E-state index is -0.125. The number of hydrogen-bond donors (Lipinski definition) is 1. The molecule has 0 amide bonds. The van der Waals surface area contributed by atoms with E-state index >= 15 is 0 Å². The predicted molar refractivity (Wildman–Crippen MR) is 98.3 cm³/mol. The topological polar surface area (TPSA) is 51.4 Å². The van der Waals surface area contributed by atoms with Crippen molar-refractivity contribution in [1.29, 1.82) is 0 Å². The Hall–Kier alpha value is -2.16. The van der Waals surface area contributed by atoms with Crippen molar-refractivity contribution in [2.75, 3.05) is 0 Å². The van der Waals surface area contributed by atoms with Crippen LogP contribution in [0.5, 0.6) is 0 Å². The monoisotopic (exact) mass is 512 g/mol. The number of allylic oxidation sites excluding steroid dienone is 2. The van der Waals surface area contributed by atoms with Gasteiger partial charge in [0.1, 0.15) is 0 Å². The van der Waals surface area contributed by atoms with Gasteiger partial charge in [-0.15, -0.1) is 5.69 Å². The van der Waals surface area contributed by atoms with Crippen LogP contribution < -0.4 is 0 Å². The Bertz CT molecular complexity index is 763. The summed E-state index contributed by atoms with van der Waals surface area (Å²) in [5.41, 5.74) is 4.65. The molecule has 4 heteroatoms. The van der Waals surface area contributed by atoms with Crippen molar-refractivity contribution in [1.82, 2.24) is 0 Å². The number of aryl methyl sites for hydroxylation is 1. The van der Waals surface area contributed by atoms with E-state index in [0.29, 0.717) is 0 Å². The molecule has 1 aliphatic rings. The smallest absolute Gasteiger partial charge is 0.155 e. The van der Waals surface area contributed by atoms with Crippen molar-refractivity contribution in [2.45, 2.75) is 26.8 Å². The van der Waals surface area contributed by atoms with Crippen LogP contribution in [0.3, 0.4) is 0 Å². The van der Waals surface area contributed by atoms with Gasteiger partial charge in [0.25, 0.3) is 0 Å². The number of carbonyl (C=O) groups excluding carboxylic acids is 1. The molecule has 1 atom stereocenters. The molecule has 25 heavy (non-hydrogen) atoms. The van der Waals surface area contributed by atoms with Crippen LogP contribution in [0.1, 0.15) is 36.6 Å². The maximum Gasteiger partial charge on any atom is 0.155 e. The number of rotatable bonds is 2. The first kappa shape index (κ1) is 20.9. The van der Waals surface area contributed by atoms with E-state index in [1.807, 2.05) is 18.2 Å². The molecule has 1 aliphatic heterocycles. The Balaban J connectivity index is 0.000000339. The summed E-state index contributed by atoms with van der Waals surface area (Å²) in [6.45, 7) is 4.94. The predicted octanol–water partition coefficient (Wildman–Crippen LogP) is 5.60. The van der Waals surface area contributed by atoms with E-state index < -0.39 is 0 Å². The third-order valence-corrected chi connectivity index (χ3v) is 3.39. The average molecular weight is 512 g/mol. The molecule has 2 aromatic carbocycles. The molecule has 0 aliphatic carbocycles. The SMILES string of the molecule is CC(=O)/C=C(/C)O.Cc1ccc2c(c1)[N-]C(c1[c-]cccc1)C=C2.[Ir]. The Labute approximate surface area is 162 Å². The first-order valence-electron chi connectivity index (χ1n) is 7.80. The Morgan fingerprint density at radius 3 is 2.56 bits per heavy atom. The van der Waals surface area contributed by atoms with Gasteiger partial charge in [-0.3, -0.25) is 4.79 Å². The molecule has 1 radical (unpaired) electrons. The van der Waals surface area contributed by atoms with Crippen LogP contribution >= 0.6 is 0 Å². The van der Waals surface area contributed by atoms with E-state index in [1.165, 1.54) is 31.1 Å². The van der Waals surface area contributed by atoms with Crippen LogP contribution in [0.4, 0.5) is 5.69 Å². The van der Waals surface area contributed by atoms with Crippen molar-refractivity contribution in [3.63, 3.8) is 0 Å². The van der Waals surface area contributed by atoms with Crippen LogP contribution in [0.2, 0.25) is 0 Å². The van der Waals surface area contributed by atoms with Crippen LogP contribution in [0.15, 0.2) is 60.4 Å². The third kappa shape index (κ3) is 6.69. The molecule has 0 fully saturated rings. The average Bonchev–Trinajstić information content (AvgIpc) is 2.54. The molecule has 0 bridgehead atoms. The molecule has 0 aromatic heterocycles. The van der Waals surface area contributed by atoms with E-state index in [0.717, 1.165) is 11.3 Å². The van der Waals surface area contributed by atoms with Crippen LogP contribution in [0.25, 0.3) is 11.4 Å². The second-order valence-corrected chi connectivity index (χ2v) is 5.71. The summed E-state index contributed by atoms with van der Waals surface area (Å²) in [5, 5.41) is 13.1. The van der Waals surface area contributed by atoms with Gasteiger partial charge in [-0.2, -0.15) is 35.9 Å². The van der Waals surface area contributed by atoms with Gasteiger partial charge in [-0.05, 0) is 26.3 Å². The van der Waals surface area contributed by atoms with Crippen LogP contribution in [-0.4, -0.2) is 10.9 Å². The largest absolute Gasteiger partial charge is 0.676 e. The molecule has 1 unspecified atom stereocenters. The third-order valence-electron chi connectivity index (χ3n) is 3.39. The fourth-order valence-corrected chi connectivity index (χ4v) is 2.35. The molecule has 3 rings (SSSR count). The van der Waals surface area contributed by atoms with Crippen molar-refractivity contribution in [3.05, 3.63) is 88.4 Å². The fraction of sp³-hybridized carbons (Fsp3) is 0.190. The zero-order chi connectivity index (χ0) is 17.5. The van der Waals surface area contributed by atoms with E-state index in [4.69, 9.17) is 10.4 Å². The van der Waals surface area contributed by atoms with E-state index in [-0.39, 0.29) is 37.7 Å². The number of ketones is 1. The molecular formula is C21H21IrNO2-2. The van der Waals surface area contributed by atoms with E-state index in [2.05, 4.69) is 49.4 Å². The zero-order valence-corrected chi connectivity index (χ0v) is 16.9. The quantitative estimate of drug-likeness (QED) is 0.324. The van der Waals surface area contributed by atoms with Crippen molar-refractivity contribution in [2.24, 2.45) is 0 Å². The van der Waals surface area contributed by atoms with Crippen LogP contribution in [-0.2, 0) is 24.9 Å². The van der Waals surface area contributed by atoms with Crippen molar-refractivity contribution < 1.29 is 30.0 Å². The van der Waals surface area contributed by atoms with Gasteiger partial charge >= 0.3 is 0 Å². The van der Waals surface area contributed by atoms with Crippen molar-refractivity contribution >= 4 is 17.5 Å². The zero-order valence-electron chi connectivity index (χ0n) is 14.5. The summed E-state index contributed by atoms with van der Waals surface area (Å²) < 4.78 is 0. The fourth-order valence-electron chi connectivity index (χ4n) is 2.35. The standard InChI is InChI=1S/C16H13N.C5H8O2.Ir/c1-12-7-8-14-9-10-15(17-16(14)11-12)13-5-3-2-4-6-13;1-4(6)3-5(2)7;/h2-5,7-11,15H,1H3;3,6H,1-2H3;/q-2;;/b;4-3-;. The summed E-state index contributed by atoms with van der Waals surface area (Å²) in [6.07, 6.45) is 5.44. The summed E-state index contributed by atoms with van der Waals surface area (Å²) >= 11 is 0. The van der Waals surface area contributed by atoms with Gasteiger partial charge in [0.15, 0.2) is 5.78 Å². The number of nitrogens with zero attached hydrogens (tertiary/aromatic N) is 1. The number of fused-ring (bicyclic) bond motifs is 1. The normalized spacial score (nSPS) is 15.0. The Morgan fingerprint density at radius 2 is 2.00 bits per heavy atom. The first-order valence-corrected chi connectivity index (χ1v) is 7.80. The van der Waals surface area contributed by atoms with Gasteiger partial charge in [0.05, 0.1) is 5.76 Å². The summed E-state index contributed by atoms with van der Waals surface area (Å²) in [7, 11) is 0. The molecule has 3 nitrogen and oxygen atoms in total. The van der Waals surface area contributed by atoms with E-state index in [1.54, 1.807) is 0 Å². The van der Waals surface area contributed by atoms with Gasteiger partial charge in [-0.25, -0.2) is 0 Å². The summed E-state index contributed by atoms with van der Waals surface area (Å²) in [5.74, 6) is -0.0625. The van der Waals surface area contributed by atoms with Gasteiger partial charge in [0, 0.05) is 26.2 Å². The maximum atomic E-state index is 10.0. The number of aliphatic hydroxyl groups excluding tert-OH is 1. The number of carbonyl (C=O) groups is 1. The summed E-state index contributed by atoms with van der Waals surface area (Å²) in [6, 6.07) is 17.7. The molecular weight excluding hydrogens is 490 g/mol. The maximum absolute atomic E-state index is 10.0. The molecule has 0 saturated carbocycles. The molecule has 133 valence electrons.